The smallest absolute Gasteiger partial charge is 0.196 e. The molecule has 2 aromatic rings. The standard InChI is InChI=1S/C16H25N3OS/c1-10(2)15-17-9-13(20-15)16(4,5)8-11(3)12-7-14(21-6)19-18-12/h7,9-11H,8H2,1-6H3,(H,18,19). The maximum Gasteiger partial charge on any atom is 0.196 e. The summed E-state index contributed by atoms with van der Waals surface area (Å²) in [5.74, 6) is 2.46. The van der Waals surface area contributed by atoms with Crippen LogP contribution in [0.3, 0.4) is 0 Å². The molecular formula is C16H25N3OS. The van der Waals surface area contributed by atoms with Gasteiger partial charge in [-0.25, -0.2) is 4.98 Å². The first kappa shape index (κ1) is 16.1. The highest BCUT2D eigenvalue weighted by Gasteiger charge is 2.29. The molecule has 116 valence electrons. The van der Waals surface area contributed by atoms with Crippen LogP contribution < -0.4 is 0 Å². The van der Waals surface area contributed by atoms with Gasteiger partial charge in [-0.05, 0) is 18.7 Å². The van der Waals surface area contributed by atoms with Gasteiger partial charge in [0.25, 0.3) is 0 Å². The van der Waals surface area contributed by atoms with Crippen molar-refractivity contribution in [2.75, 3.05) is 6.26 Å². The van der Waals surface area contributed by atoms with E-state index in [4.69, 9.17) is 4.42 Å². The topological polar surface area (TPSA) is 54.7 Å². The molecule has 0 amide bonds. The molecule has 0 spiro atoms. The Morgan fingerprint density at radius 3 is 2.57 bits per heavy atom. The Kier molecular flexibility index (Phi) is 4.81. The number of hydrogen-bond acceptors (Lipinski definition) is 4. The van der Waals surface area contributed by atoms with E-state index in [1.165, 1.54) is 0 Å². The van der Waals surface area contributed by atoms with Gasteiger partial charge in [-0.3, -0.25) is 5.10 Å². The second-order valence-electron chi connectivity index (χ2n) is 6.57. The molecule has 0 bridgehead atoms. The molecular weight excluding hydrogens is 282 g/mol. The van der Waals surface area contributed by atoms with Crippen molar-refractivity contribution in [1.29, 1.82) is 0 Å². The average molecular weight is 307 g/mol. The third-order valence-electron chi connectivity index (χ3n) is 3.80. The highest BCUT2D eigenvalue weighted by atomic mass is 32.2. The first-order chi connectivity index (χ1) is 9.83. The summed E-state index contributed by atoms with van der Waals surface area (Å²) >= 11 is 1.68. The summed E-state index contributed by atoms with van der Waals surface area (Å²) in [6.07, 6.45) is 4.90. The monoisotopic (exact) mass is 307 g/mol. The van der Waals surface area contributed by atoms with Gasteiger partial charge in [0.15, 0.2) is 5.89 Å². The van der Waals surface area contributed by atoms with Crippen molar-refractivity contribution >= 4 is 11.8 Å². The van der Waals surface area contributed by atoms with E-state index in [9.17, 15) is 0 Å². The van der Waals surface area contributed by atoms with Gasteiger partial charge in [0, 0.05) is 17.3 Å². The summed E-state index contributed by atoms with van der Waals surface area (Å²) in [5, 5.41) is 8.57. The molecule has 0 aliphatic carbocycles. The second kappa shape index (κ2) is 6.26. The minimum Gasteiger partial charge on any atom is -0.445 e. The van der Waals surface area contributed by atoms with Gasteiger partial charge in [-0.1, -0.05) is 34.6 Å². The van der Waals surface area contributed by atoms with Crippen LogP contribution in [0, 0.1) is 0 Å². The molecule has 2 aromatic heterocycles. The van der Waals surface area contributed by atoms with Crippen LogP contribution in [-0.4, -0.2) is 21.4 Å². The summed E-state index contributed by atoms with van der Waals surface area (Å²) in [6.45, 7) is 10.8. The Labute approximate surface area is 131 Å². The minimum atomic E-state index is -0.0575. The fourth-order valence-electron chi connectivity index (χ4n) is 2.51. The van der Waals surface area contributed by atoms with E-state index in [0.717, 1.165) is 28.8 Å². The third-order valence-corrected chi connectivity index (χ3v) is 4.45. The van der Waals surface area contributed by atoms with Gasteiger partial charge in [-0.15, -0.1) is 11.8 Å². The highest BCUT2D eigenvalue weighted by Crippen LogP contribution is 2.35. The lowest BCUT2D eigenvalue weighted by Gasteiger charge is -2.24. The van der Waals surface area contributed by atoms with E-state index in [2.05, 4.69) is 55.9 Å². The number of aromatic nitrogens is 3. The molecule has 21 heavy (non-hydrogen) atoms. The van der Waals surface area contributed by atoms with Crippen LogP contribution in [0.2, 0.25) is 0 Å². The number of hydrogen-bond donors (Lipinski definition) is 1. The van der Waals surface area contributed by atoms with Crippen LogP contribution in [0.15, 0.2) is 21.7 Å². The summed E-state index contributed by atoms with van der Waals surface area (Å²) in [4.78, 5) is 4.39. The Balaban J connectivity index is 2.11. The Bertz CT molecular complexity index is 586. The van der Waals surface area contributed by atoms with E-state index in [0.29, 0.717) is 11.8 Å². The summed E-state index contributed by atoms with van der Waals surface area (Å²) in [7, 11) is 0. The normalized spacial score (nSPS) is 13.9. The van der Waals surface area contributed by atoms with Crippen molar-refractivity contribution in [3.05, 3.63) is 29.6 Å². The van der Waals surface area contributed by atoms with E-state index in [1.54, 1.807) is 11.8 Å². The van der Waals surface area contributed by atoms with E-state index in [1.807, 2.05) is 12.5 Å². The number of rotatable bonds is 6. The largest absolute Gasteiger partial charge is 0.445 e. The van der Waals surface area contributed by atoms with Crippen molar-refractivity contribution < 1.29 is 4.42 Å². The van der Waals surface area contributed by atoms with Crippen LogP contribution in [0.1, 0.15) is 70.2 Å². The van der Waals surface area contributed by atoms with Gasteiger partial charge in [0.2, 0.25) is 0 Å². The van der Waals surface area contributed by atoms with Crippen molar-refractivity contribution in [2.24, 2.45) is 0 Å². The quantitative estimate of drug-likeness (QED) is 0.785. The molecule has 2 heterocycles. The number of thioether (sulfide) groups is 1. The second-order valence-corrected chi connectivity index (χ2v) is 7.42. The first-order valence-corrected chi connectivity index (χ1v) is 8.61. The number of H-pyrrole nitrogens is 1. The SMILES string of the molecule is CSc1cc(C(C)CC(C)(C)c2cnc(C(C)C)o2)n[nH]1. The van der Waals surface area contributed by atoms with Crippen molar-refractivity contribution in [3.63, 3.8) is 0 Å². The molecule has 0 aromatic carbocycles. The zero-order valence-corrected chi connectivity index (χ0v) is 14.5. The summed E-state index contributed by atoms with van der Waals surface area (Å²) in [5.41, 5.74) is 1.05. The maximum absolute atomic E-state index is 5.93. The van der Waals surface area contributed by atoms with Crippen molar-refractivity contribution in [1.82, 2.24) is 15.2 Å². The van der Waals surface area contributed by atoms with Gasteiger partial charge in [-0.2, -0.15) is 5.10 Å². The molecule has 5 heteroatoms. The molecule has 2 rings (SSSR count). The van der Waals surface area contributed by atoms with Crippen molar-refractivity contribution in [2.45, 2.75) is 63.3 Å². The fourth-order valence-corrected chi connectivity index (χ4v) is 2.89. The number of nitrogens with one attached hydrogen (secondary N) is 1. The van der Waals surface area contributed by atoms with Crippen LogP contribution in [-0.2, 0) is 5.41 Å². The number of oxazole rings is 1. The molecule has 0 saturated carbocycles. The lowest BCUT2D eigenvalue weighted by molar-refractivity contribution is 0.325. The zero-order valence-electron chi connectivity index (χ0n) is 13.7. The predicted molar refractivity (Wildman–Crippen MR) is 87.0 cm³/mol. The average Bonchev–Trinajstić information content (AvgIpc) is 3.07. The Hall–Kier alpha value is -1.23. The Morgan fingerprint density at radius 2 is 2.05 bits per heavy atom. The van der Waals surface area contributed by atoms with Gasteiger partial charge < -0.3 is 4.42 Å². The van der Waals surface area contributed by atoms with Crippen LogP contribution in [0.5, 0.6) is 0 Å². The van der Waals surface area contributed by atoms with E-state index >= 15 is 0 Å². The molecule has 0 saturated heterocycles. The van der Waals surface area contributed by atoms with Gasteiger partial charge in [0.05, 0.1) is 16.9 Å². The summed E-state index contributed by atoms with van der Waals surface area (Å²) in [6, 6.07) is 2.13. The lowest BCUT2D eigenvalue weighted by Crippen LogP contribution is -2.19. The molecule has 1 unspecified atom stereocenters. The van der Waals surface area contributed by atoms with Crippen molar-refractivity contribution in [3.8, 4) is 0 Å². The Morgan fingerprint density at radius 1 is 1.33 bits per heavy atom. The number of aromatic amines is 1. The first-order valence-electron chi connectivity index (χ1n) is 7.39. The van der Waals surface area contributed by atoms with Gasteiger partial charge >= 0.3 is 0 Å². The minimum absolute atomic E-state index is 0.0575. The molecule has 0 radical (unpaired) electrons. The highest BCUT2D eigenvalue weighted by molar-refractivity contribution is 7.98. The lowest BCUT2D eigenvalue weighted by atomic mass is 9.80. The van der Waals surface area contributed by atoms with Crippen LogP contribution in [0.4, 0.5) is 0 Å². The van der Waals surface area contributed by atoms with Gasteiger partial charge in [0.1, 0.15) is 5.76 Å². The molecule has 0 aliphatic heterocycles. The molecule has 1 N–H and O–H groups in total. The maximum atomic E-state index is 5.93. The third kappa shape index (κ3) is 3.70. The van der Waals surface area contributed by atoms with Crippen LogP contribution in [0.25, 0.3) is 0 Å². The number of nitrogens with zero attached hydrogens (tertiary/aromatic N) is 2. The van der Waals surface area contributed by atoms with E-state index in [-0.39, 0.29) is 5.41 Å². The fraction of sp³-hybridized carbons (Fsp3) is 0.625. The molecule has 0 aliphatic rings. The predicted octanol–water partition coefficient (Wildman–Crippen LogP) is 4.71. The molecule has 1 atom stereocenters. The zero-order chi connectivity index (χ0) is 15.6. The molecule has 0 fully saturated rings. The van der Waals surface area contributed by atoms with Crippen LogP contribution >= 0.6 is 11.8 Å². The summed E-state index contributed by atoms with van der Waals surface area (Å²) < 4.78 is 5.93. The molecule has 4 nitrogen and oxygen atoms in total. The van der Waals surface area contributed by atoms with E-state index < -0.39 is 0 Å².